The van der Waals surface area contributed by atoms with Crippen LogP contribution in [0.5, 0.6) is 17.2 Å². The van der Waals surface area contributed by atoms with E-state index in [9.17, 15) is 13.2 Å². The molecule has 1 unspecified atom stereocenters. The lowest BCUT2D eigenvalue weighted by Crippen LogP contribution is -2.05. The second-order valence-corrected chi connectivity index (χ2v) is 6.65. The molecule has 12 heteroatoms. The Bertz CT molecular complexity index is 1080. The van der Waals surface area contributed by atoms with Crippen molar-refractivity contribution in [1.82, 2.24) is 9.97 Å². The molecule has 0 saturated carbocycles. The molecule has 10 nitrogen and oxygen atoms in total. The third-order valence-electron chi connectivity index (χ3n) is 3.99. The largest absolute Gasteiger partial charge is 0.755 e. The van der Waals surface area contributed by atoms with Gasteiger partial charge in [-0.2, -0.15) is 4.98 Å². The van der Waals surface area contributed by atoms with Crippen LogP contribution in [0.25, 0.3) is 0 Å². The van der Waals surface area contributed by atoms with Crippen LogP contribution in [0.15, 0.2) is 42.6 Å². The second kappa shape index (κ2) is 9.91. The number of methoxy groups -OCH3 is 3. The van der Waals surface area contributed by atoms with Crippen molar-refractivity contribution in [3.05, 3.63) is 48.4 Å². The van der Waals surface area contributed by atoms with Crippen LogP contribution in [0.1, 0.15) is 0 Å². The minimum absolute atomic E-state index is 0.105. The van der Waals surface area contributed by atoms with E-state index in [1.54, 1.807) is 30.3 Å². The molecule has 0 spiro atoms. The molecular weight excluding hydrogens is 429 g/mol. The molecule has 2 aromatic carbocycles. The van der Waals surface area contributed by atoms with Crippen molar-refractivity contribution in [2.75, 3.05) is 36.7 Å². The Kier molecular flexibility index (Phi) is 7.05. The van der Waals surface area contributed by atoms with Gasteiger partial charge in [0.2, 0.25) is 11.7 Å². The molecule has 0 radical (unpaired) electrons. The molecule has 3 rings (SSSR count). The van der Waals surface area contributed by atoms with E-state index < -0.39 is 17.1 Å². The van der Waals surface area contributed by atoms with Gasteiger partial charge in [-0.1, -0.05) is 6.07 Å². The molecule has 0 aliphatic heterocycles. The topological polar surface area (TPSA) is 130 Å². The fourth-order valence-electron chi connectivity index (χ4n) is 2.69. The second-order valence-electron chi connectivity index (χ2n) is 5.97. The number of nitrogens with zero attached hydrogens (tertiary/aromatic N) is 2. The molecular formula is C19H19FN5O5S-. The maximum Gasteiger partial charge on any atom is 0.229 e. The van der Waals surface area contributed by atoms with E-state index in [1.807, 2.05) is 0 Å². The average molecular weight is 448 g/mol. The number of halogens is 1. The first-order chi connectivity index (χ1) is 14.9. The van der Waals surface area contributed by atoms with Gasteiger partial charge < -0.3 is 34.1 Å². The summed E-state index contributed by atoms with van der Waals surface area (Å²) in [5.41, 5.74) is 1.26. The van der Waals surface area contributed by atoms with Crippen molar-refractivity contribution in [2.24, 2.45) is 0 Å². The van der Waals surface area contributed by atoms with Gasteiger partial charge in [0.25, 0.3) is 0 Å². The first-order valence-corrected chi connectivity index (χ1v) is 9.83. The fourth-order valence-corrected chi connectivity index (χ4v) is 3.01. The Balaban J connectivity index is 1.86. The van der Waals surface area contributed by atoms with E-state index in [0.717, 1.165) is 6.20 Å². The molecule has 0 amide bonds. The fraction of sp³-hybridized carbons (Fsp3) is 0.158. The highest BCUT2D eigenvalue weighted by atomic mass is 32.2. The van der Waals surface area contributed by atoms with Crippen LogP contribution < -0.4 is 29.6 Å². The number of nitrogens with one attached hydrogen (secondary N) is 3. The van der Waals surface area contributed by atoms with Crippen LogP contribution in [0.4, 0.5) is 33.2 Å². The Morgan fingerprint density at radius 1 is 0.968 bits per heavy atom. The monoisotopic (exact) mass is 448 g/mol. The summed E-state index contributed by atoms with van der Waals surface area (Å²) < 4.78 is 54.0. The number of hydrogen-bond donors (Lipinski definition) is 3. The first kappa shape index (κ1) is 22.1. The highest BCUT2D eigenvalue weighted by Crippen LogP contribution is 2.40. The van der Waals surface area contributed by atoms with Crippen molar-refractivity contribution < 1.29 is 27.4 Å². The van der Waals surface area contributed by atoms with Gasteiger partial charge in [-0.15, -0.1) is 0 Å². The van der Waals surface area contributed by atoms with Crippen LogP contribution in [0, 0.1) is 5.82 Å². The SMILES string of the molecule is COc1cc(Nc2ncc(F)c(Nc3cccc(NS(=O)[O-])c3)n2)cc(OC)c1OC. The lowest BCUT2D eigenvalue weighted by atomic mass is 10.2. The summed E-state index contributed by atoms with van der Waals surface area (Å²) in [7, 11) is 4.47. The number of anilines is 5. The highest BCUT2D eigenvalue weighted by molar-refractivity contribution is 7.80. The molecule has 1 heterocycles. The third kappa shape index (κ3) is 5.49. The zero-order chi connectivity index (χ0) is 22.4. The Labute approximate surface area is 180 Å². The average Bonchev–Trinajstić information content (AvgIpc) is 2.75. The molecule has 31 heavy (non-hydrogen) atoms. The van der Waals surface area contributed by atoms with Crippen molar-refractivity contribution >= 4 is 40.1 Å². The van der Waals surface area contributed by atoms with Gasteiger partial charge in [0.15, 0.2) is 23.1 Å². The molecule has 1 aromatic heterocycles. The molecule has 0 bridgehead atoms. The van der Waals surface area contributed by atoms with Crippen molar-refractivity contribution in [1.29, 1.82) is 0 Å². The Morgan fingerprint density at radius 2 is 1.65 bits per heavy atom. The zero-order valence-corrected chi connectivity index (χ0v) is 17.6. The van der Waals surface area contributed by atoms with Gasteiger partial charge in [0, 0.05) is 40.5 Å². The number of aromatic nitrogens is 2. The summed E-state index contributed by atoms with van der Waals surface area (Å²) in [6.45, 7) is 0. The third-order valence-corrected chi connectivity index (χ3v) is 4.39. The molecule has 0 aliphatic rings. The normalized spacial score (nSPS) is 11.4. The van der Waals surface area contributed by atoms with Crippen LogP contribution in [-0.2, 0) is 11.3 Å². The van der Waals surface area contributed by atoms with Gasteiger partial charge in [-0.25, -0.2) is 9.37 Å². The minimum Gasteiger partial charge on any atom is -0.755 e. The van der Waals surface area contributed by atoms with Crippen molar-refractivity contribution in [3.63, 3.8) is 0 Å². The lowest BCUT2D eigenvalue weighted by Gasteiger charge is -2.15. The van der Waals surface area contributed by atoms with E-state index >= 15 is 0 Å². The lowest BCUT2D eigenvalue weighted by molar-refractivity contribution is 0.324. The summed E-state index contributed by atoms with van der Waals surface area (Å²) in [6, 6.07) is 9.58. The number of benzene rings is 2. The van der Waals surface area contributed by atoms with Crippen molar-refractivity contribution in [2.45, 2.75) is 0 Å². The summed E-state index contributed by atoms with van der Waals surface area (Å²) in [5.74, 6) is 0.569. The number of rotatable bonds is 9. The van der Waals surface area contributed by atoms with Crippen LogP contribution in [0.3, 0.4) is 0 Å². The van der Waals surface area contributed by atoms with E-state index in [1.165, 1.54) is 27.4 Å². The number of ether oxygens (including phenoxy) is 3. The van der Waals surface area contributed by atoms with Crippen LogP contribution in [-0.4, -0.2) is 40.1 Å². The predicted molar refractivity (Wildman–Crippen MR) is 114 cm³/mol. The quantitative estimate of drug-likeness (QED) is 0.422. The predicted octanol–water partition coefficient (Wildman–Crippen LogP) is 3.33. The maximum atomic E-state index is 14.3. The first-order valence-electron chi connectivity index (χ1n) is 8.76. The molecule has 3 N–H and O–H groups in total. The summed E-state index contributed by atoms with van der Waals surface area (Å²) >= 11 is -2.48. The summed E-state index contributed by atoms with van der Waals surface area (Å²) in [5, 5.41) is 5.76. The molecule has 0 fully saturated rings. The standard InChI is InChI=1S/C19H20FN5O5S/c1-28-15-8-13(9-16(29-2)17(15)30-3)23-19-21-10-14(20)18(24-19)22-11-5-4-6-12(7-11)25-31(26)27/h4-10,25H,1-3H3,(H,26,27)(H2,21,22,23,24)/p-1. The van der Waals surface area contributed by atoms with Gasteiger partial charge in [-0.05, 0) is 18.2 Å². The van der Waals surface area contributed by atoms with Crippen LogP contribution >= 0.6 is 0 Å². The summed E-state index contributed by atoms with van der Waals surface area (Å²) in [6.07, 6.45) is 1.00. The maximum absolute atomic E-state index is 14.3. The van der Waals surface area contributed by atoms with Gasteiger partial charge >= 0.3 is 0 Å². The molecule has 0 saturated heterocycles. The van der Waals surface area contributed by atoms with Gasteiger partial charge in [0.1, 0.15) is 0 Å². The highest BCUT2D eigenvalue weighted by Gasteiger charge is 2.15. The van der Waals surface area contributed by atoms with E-state index in [2.05, 4.69) is 25.3 Å². The minimum atomic E-state index is -2.48. The van der Waals surface area contributed by atoms with E-state index in [0.29, 0.717) is 34.3 Å². The molecule has 3 aromatic rings. The van der Waals surface area contributed by atoms with Crippen LogP contribution in [0.2, 0.25) is 0 Å². The summed E-state index contributed by atoms with van der Waals surface area (Å²) in [4.78, 5) is 8.09. The molecule has 164 valence electrons. The van der Waals surface area contributed by atoms with Crippen molar-refractivity contribution in [3.8, 4) is 17.2 Å². The van der Waals surface area contributed by atoms with Gasteiger partial charge in [0.05, 0.1) is 27.5 Å². The molecule has 0 aliphatic carbocycles. The van der Waals surface area contributed by atoms with Gasteiger partial charge in [-0.3, -0.25) is 4.21 Å². The van der Waals surface area contributed by atoms with E-state index in [-0.39, 0.29) is 11.8 Å². The Hall–Kier alpha value is -3.64. The molecule has 1 atom stereocenters. The zero-order valence-electron chi connectivity index (χ0n) is 16.8. The Morgan fingerprint density at radius 3 is 2.26 bits per heavy atom. The van der Waals surface area contributed by atoms with E-state index in [4.69, 9.17) is 14.2 Å². The number of hydrogen-bond acceptors (Lipinski definition) is 9. The smallest absolute Gasteiger partial charge is 0.229 e.